The molecule has 0 saturated carbocycles. The van der Waals surface area contributed by atoms with Crippen molar-refractivity contribution in [2.75, 3.05) is 12.0 Å². The van der Waals surface area contributed by atoms with Crippen LogP contribution < -0.4 is 10.5 Å². The van der Waals surface area contributed by atoms with Crippen molar-refractivity contribution in [3.8, 4) is 5.75 Å². The Morgan fingerprint density at radius 3 is 2.32 bits per heavy atom. The molecule has 7 heteroatoms. The first-order valence-corrected chi connectivity index (χ1v) is 7.82. The van der Waals surface area contributed by atoms with Crippen molar-refractivity contribution in [2.24, 2.45) is 5.73 Å². The van der Waals surface area contributed by atoms with E-state index >= 15 is 0 Å². The van der Waals surface area contributed by atoms with E-state index in [4.69, 9.17) is 5.73 Å². The average molecular weight is 293 g/mol. The molecule has 0 aliphatic carbocycles. The van der Waals surface area contributed by atoms with Crippen LogP contribution in [-0.4, -0.2) is 27.0 Å². The molecule has 0 aliphatic heterocycles. The number of alkyl halides is 2. The van der Waals surface area contributed by atoms with Gasteiger partial charge in [-0.2, -0.15) is 8.78 Å². The minimum atomic E-state index is -2.98. The van der Waals surface area contributed by atoms with Crippen molar-refractivity contribution >= 4 is 9.84 Å². The lowest BCUT2D eigenvalue weighted by Crippen LogP contribution is -2.12. The predicted octanol–water partition coefficient (Wildman–Crippen LogP) is 2.11. The Bertz CT molecular complexity index is 488. The molecule has 0 aliphatic rings. The molecule has 0 heterocycles. The number of halogens is 2. The summed E-state index contributed by atoms with van der Waals surface area (Å²) in [4.78, 5) is 0. The molecule has 108 valence electrons. The Hall–Kier alpha value is -1.21. The van der Waals surface area contributed by atoms with Crippen LogP contribution in [0, 0.1) is 0 Å². The number of rotatable bonds is 7. The fourth-order valence-electron chi connectivity index (χ4n) is 1.63. The van der Waals surface area contributed by atoms with Crippen LogP contribution >= 0.6 is 0 Å². The SMILES string of the molecule is CS(=O)(=O)CCCC(N)c1ccc(OC(F)F)cc1. The second-order valence-corrected chi connectivity index (χ2v) is 6.59. The summed E-state index contributed by atoms with van der Waals surface area (Å²) >= 11 is 0. The monoisotopic (exact) mass is 293 g/mol. The van der Waals surface area contributed by atoms with Crippen molar-refractivity contribution in [3.05, 3.63) is 29.8 Å². The van der Waals surface area contributed by atoms with Crippen molar-refractivity contribution in [2.45, 2.75) is 25.5 Å². The molecule has 19 heavy (non-hydrogen) atoms. The van der Waals surface area contributed by atoms with Crippen LogP contribution in [0.1, 0.15) is 24.4 Å². The van der Waals surface area contributed by atoms with E-state index in [-0.39, 0.29) is 17.5 Å². The Morgan fingerprint density at radius 1 is 1.26 bits per heavy atom. The van der Waals surface area contributed by atoms with Gasteiger partial charge in [0, 0.05) is 18.1 Å². The third kappa shape index (κ3) is 6.49. The smallest absolute Gasteiger partial charge is 0.387 e. The molecular formula is C12H17F2NO3S. The van der Waals surface area contributed by atoms with Crippen LogP contribution in [0.5, 0.6) is 5.75 Å². The van der Waals surface area contributed by atoms with E-state index in [0.717, 1.165) is 5.56 Å². The van der Waals surface area contributed by atoms with Crippen LogP contribution in [0.3, 0.4) is 0 Å². The van der Waals surface area contributed by atoms with E-state index < -0.39 is 16.4 Å². The van der Waals surface area contributed by atoms with E-state index in [1.807, 2.05) is 0 Å². The minimum absolute atomic E-state index is 0.0714. The zero-order chi connectivity index (χ0) is 14.5. The highest BCUT2D eigenvalue weighted by Crippen LogP contribution is 2.20. The fourth-order valence-corrected chi connectivity index (χ4v) is 2.32. The molecule has 1 aromatic rings. The molecule has 1 unspecified atom stereocenters. The number of hydrogen-bond acceptors (Lipinski definition) is 4. The predicted molar refractivity (Wildman–Crippen MR) is 68.9 cm³/mol. The lowest BCUT2D eigenvalue weighted by molar-refractivity contribution is -0.0498. The second-order valence-electron chi connectivity index (χ2n) is 4.33. The van der Waals surface area contributed by atoms with E-state index in [2.05, 4.69) is 4.74 Å². The first-order chi connectivity index (χ1) is 8.78. The summed E-state index contributed by atoms with van der Waals surface area (Å²) in [6, 6.07) is 5.71. The molecule has 2 N–H and O–H groups in total. The van der Waals surface area contributed by atoms with Crippen LogP contribution in [0.2, 0.25) is 0 Å². The highest BCUT2D eigenvalue weighted by atomic mass is 32.2. The van der Waals surface area contributed by atoms with Gasteiger partial charge in [0.05, 0.1) is 0 Å². The van der Waals surface area contributed by atoms with Crippen molar-refractivity contribution in [1.29, 1.82) is 0 Å². The molecular weight excluding hydrogens is 276 g/mol. The Morgan fingerprint density at radius 2 is 1.84 bits per heavy atom. The van der Waals surface area contributed by atoms with Gasteiger partial charge in [-0.25, -0.2) is 8.42 Å². The van der Waals surface area contributed by atoms with Gasteiger partial charge in [-0.1, -0.05) is 12.1 Å². The van der Waals surface area contributed by atoms with Crippen LogP contribution in [0.4, 0.5) is 8.78 Å². The molecule has 1 aromatic carbocycles. The van der Waals surface area contributed by atoms with Gasteiger partial charge < -0.3 is 10.5 Å². The lowest BCUT2D eigenvalue weighted by Gasteiger charge is -2.12. The quantitative estimate of drug-likeness (QED) is 0.836. The summed E-state index contributed by atoms with van der Waals surface area (Å²) < 4.78 is 50.1. The third-order valence-electron chi connectivity index (χ3n) is 2.56. The number of sulfone groups is 1. The molecule has 0 spiro atoms. The second kappa shape index (κ2) is 6.81. The fraction of sp³-hybridized carbons (Fsp3) is 0.500. The summed E-state index contributed by atoms with van der Waals surface area (Å²) in [6.07, 6.45) is 2.16. The first-order valence-electron chi connectivity index (χ1n) is 5.76. The van der Waals surface area contributed by atoms with Crippen molar-refractivity contribution in [3.63, 3.8) is 0 Å². The van der Waals surface area contributed by atoms with Crippen LogP contribution in [-0.2, 0) is 9.84 Å². The maximum atomic E-state index is 12.0. The summed E-state index contributed by atoms with van der Waals surface area (Å²) in [6.45, 7) is -2.85. The molecule has 0 aromatic heterocycles. The first kappa shape index (κ1) is 15.8. The van der Waals surface area contributed by atoms with Gasteiger partial charge in [0.2, 0.25) is 0 Å². The summed E-state index contributed by atoms with van der Waals surface area (Å²) in [5.74, 6) is 0.162. The van der Waals surface area contributed by atoms with E-state index in [0.29, 0.717) is 12.8 Å². The average Bonchev–Trinajstić information content (AvgIpc) is 2.27. The maximum Gasteiger partial charge on any atom is 0.387 e. The highest BCUT2D eigenvalue weighted by Gasteiger charge is 2.09. The van der Waals surface area contributed by atoms with Gasteiger partial charge in [0.1, 0.15) is 15.6 Å². The molecule has 0 fully saturated rings. The van der Waals surface area contributed by atoms with E-state index in [1.54, 1.807) is 12.1 Å². The van der Waals surface area contributed by atoms with Gasteiger partial charge in [-0.15, -0.1) is 0 Å². The summed E-state index contributed by atoms with van der Waals surface area (Å²) in [7, 11) is -2.98. The Labute approximate surface area is 111 Å². The topological polar surface area (TPSA) is 69.4 Å². The number of ether oxygens (including phenoxy) is 1. The molecule has 0 radical (unpaired) electrons. The summed E-state index contributed by atoms with van der Waals surface area (Å²) in [5.41, 5.74) is 6.65. The minimum Gasteiger partial charge on any atom is -0.435 e. The molecule has 1 atom stereocenters. The van der Waals surface area contributed by atoms with Crippen LogP contribution in [0.15, 0.2) is 24.3 Å². The van der Waals surface area contributed by atoms with Gasteiger partial charge in [0.25, 0.3) is 0 Å². The summed E-state index contributed by atoms with van der Waals surface area (Å²) in [5, 5.41) is 0. The van der Waals surface area contributed by atoms with Crippen molar-refractivity contribution in [1.82, 2.24) is 0 Å². The van der Waals surface area contributed by atoms with E-state index in [9.17, 15) is 17.2 Å². The molecule has 0 saturated heterocycles. The zero-order valence-corrected chi connectivity index (χ0v) is 11.4. The standard InChI is InChI=1S/C12H17F2NO3S/c1-19(16,17)8-2-3-11(15)9-4-6-10(7-5-9)18-12(13)14/h4-7,11-12H,2-3,8,15H2,1H3. The third-order valence-corrected chi connectivity index (χ3v) is 3.59. The van der Waals surface area contributed by atoms with Gasteiger partial charge in [-0.3, -0.25) is 0 Å². The normalized spacial score (nSPS) is 13.5. The largest absolute Gasteiger partial charge is 0.435 e. The molecule has 4 nitrogen and oxygen atoms in total. The zero-order valence-electron chi connectivity index (χ0n) is 10.6. The van der Waals surface area contributed by atoms with Crippen molar-refractivity contribution < 1.29 is 21.9 Å². The number of nitrogens with two attached hydrogens (primary N) is 1. The molecule has 0 bridgehead atoms. The van der Waals surface area contributed by atoms with Crippen LogP contribution in [0.25, 0.3) is 0 Å². The maximum absolute atomic E-state index is 12.0. The van der Waals surface area contributed by atoms with Gasteiger partial charge in [-0.05, 0) is 30.5 Å². The van der Waals surface area contributed by atoms with E-state index in [1.165, 1.54) is 18.4 Å². The Kier molecular flexibility index (Phi) is 5.68. The highest BCUT2D eigenvalue weighted by molar-refractivity contribution is 7.90. The van der Waals surface area contributed by atoms with Gasteiger partial charge in [0.15, 0.2) is 0 Å². The Balaban J connectivity index is 2.51. The molecule has 0 amide bonds. The lowest BCUT2D eigenvalue weighted by atomic mass is 10.0. The molecule has 1 rings (SSSR count). The van der Waals surface area contributed by atoms with Gasteiger partial charge >= 0.3 is 6.61 Å². The number of benzene rings is 1. The number of hydrogen-bond donors (Lipinski definition) is 1.